The maximum Gasteiger partial charge on any atom is 0.272 e. The van der Waals surface area contributed by atoms with Gasteiger partial charge in [-0.05, 0) is 36.2 Å². The highest BCUT2D eigenvalue weighted by Crippen LogP contribution is 2.20. The van der Waals surface area contributed by atoms with Gasteiger partial charge in [0.15, 0.2) is 0 Å². The number of carbonyl (C=O) groups is 1. The summed E-state index contributed by atoms with van der Waals surface area (Å²) in [5.74, 6) is 0.000707. The van der Waals surface area contributed by atoms with Crippen LogP contribution in [0.4, 0.5) is 0 Å². The van der Waals surface area contributed by atoms with Gasteiger partial charge in [0.1, 0.15) is 5.69 Å². The van der Waals surface area contributed by atoms with Crippen molar-refractivity contribution >= 4 is 17.5 Å². The number of piperazine rings is 1. The zero-order valence-corrected chi connectivity index (χ0v) is 13.9. The number of hydrogen-bond acceptors (Lipinski definition) is 3. The molecule has 5 heteroatoms. The number of aromatic nitrogens is 1. The molecule has 1 N–H and O–H groups in total. The van der Waals surface area contributed by atoms with Crippen molar-refractivity contribution in [2.75, 3.05) is 19.6 Å². The maximum absolute atomic E-state index is 12.7. The second-order valence-electron chi connectivity index (χ2n) is 5.68. The minimum absolute atomic E-state index is 0.000707. The molecule has 1 unspecified atom stereocenters. The molecule has 4 nitrogen and oxygen atoms in total. The molecule has 1 fully saturated rings. The number of nitrogens with zero attached hydrogens (tertiary/aromatic N) is 2. The average Bonchev–Trinajstić information content (AvgIpc) is 2.62. The quantitative estimate of drug-likeness (QED) is 0.941. The standard InChI is InChI=1S/C18H20ClN3O/c1-2-15-4-3-5-16(21-15)18(23)22-11-10-20-17(12-22)13-6-8-14(19)9-7-13/h3-9,17,20H,2,10-12H2,1H3. The number of pyridine rings is 1. The Bertz CT molecular complexity index is 687. The molecule has 0 bridgehead atoms. The van der Waals surface area contributed by atoms with Crippen LogP contribution in [0, 0.1) is 0 Å². The summed E-state index contributed by atoms with van der Waals surface area (Å²) in [7, 11) is 0. The number of rotatable bonds is 3. The predicted molar refractivity (Wildman–Crippen MR) is 91.7 cm³/mol. The van der Waals surface area contributed by atoms with Crippen LogP contribution in [0.5, 0.6) is 0 Å². The van der Waals surface area contributed by atoms with Gasteiger partial charge in [0, 0.05) is 36.4 Å². The van der Waals surface area contributed by atoms with Crippen LogP contribution < -0.4 is 5.32 Å². The van der Waals surface area contributed by atoms with E-state index in [0.29, 0.717) is 18.8 Å². The van der Waals surface area contributed by atoms with Crippen molar-refractivity contribution in [3.05, 3.63) is 64.4 Å². The summed E-state index contributed by atoms with van der Waals surface area (Å²) in [6, 6.07) is 13.5. The lowest BCUT2D eigenvalue weighted by molar-refractivity contribution is 0.0696. The van der Waals surface area contributed by atoms with Crippen molar-refractivity contribution < 1.29 is 4.79 Å². The summed E-state index contributed by atoms with van der Waals surface area (Å²) >= 11 is 5.95. The Balaban J connectivity index is 1.75. The maximum atomic E-state index is 12.7. The van der Waals surface area contributed by atoms with Crippen LogP contribution in [0.1, 0.15) is 34.7 Å². The van der Waals surface area contributed by atoms with E-state index in [9.17, 15) is 4.79 Å². The van der Waals surface area contributed by atoms with E-state index in [-0.39, 0.29) is 11.9 Å². The normalized spacial score (nSPS) is 18.0. The molecular formula is C18H20ClN3O. The summed E-state index contributed by atoms with van der Waals surface area (Å²) in [6.07, 6.45) is 0.829. The molecule has 1 saturated heterocycles. The fourth-order valence-corrected chi connectivity index (χ4v) is 2.94. The van der Waals surface area contributed by atoms with E-state index in [4.69, 9.17) is 11.6 Å². The highest BCUT2D eigenvalue weighted by atomic mass is 35.5. The lowest BCUT2D eigenvalue weighted by atomic mass is 10.0. The largest absolute Gasteiger partial charge is 0.334 e. The van der Waals surface area contributed by atoms with Gasteiger partial charge in [-0.1, -0.05) is 36.7 Å². The summed E-state index contributed by atoms with van der Waals surface area (Å²) in [4.78, 5) is 19.0. The third kappa shape index (κ3) is 3.71. The highest BCUT2D eigenvalue weighted by molar-refractivity contribution is 6.30. The number of hydrogen-bond donors (Lipinski definition) is 1. The zero-order chi connectivity index (χ0) is 16.2. The fraction of sp³-hybridized carbons (Fsp3) is 0.333. The summed E-state index contributed by atoms with van der Waals surface area (Å²) in [5.41, 5.74) is 2.61. The van der Waals surface area contributed by atoms with Gasteiger partial charge in [0.25, 0.3) is 5.91 Å². The van der Waals surface area contributed by atoms with Gasteiger partial charge in [0.05, 0.1) is 0 Å². The molecule has 1 atom stereocenters. The van der Waals surface area contributed by atoms with Crippen molar-refractivity contribution in [3.8, 4) is 0 Å². The minimum atomic E-state index is 0.000707. The SMILES string of the molecule is CCc1cccc(C(=O)N2CCNC(c3ccc(Cl)cc3)C2)n1. The highest BCUT2D eigenvalue weighted by Gasteiger charge is 2.25. The van der Waals surface area contributed by atoms with Gasteiger partial charge < -0.3 is 10.2 Å². The molecule has 1 amide bonds. The number of amides is 1. The average molecular weight is 330 g/mol. The molecular weight excluding hydrogens is 310 g/mol. The van der Waals surface area contributed by atoms with E-state index >= 15 is 0 Å². The summed E-state index contributed by atoms with van der Waals surface area (Å²) in [5, 5.41) is 4.18. The molecule has 0 spiro atoms. The third-order valence-electron chi connectivity index (χ3n) is 4.12. The Morgan fingerprint density at radius 1 is 1.30 bits per heavy atom. The van der Waals surface area contributed by atoms with Crippen LogP contribution in [0.2, 0.25) is 5.02 Å². The number of benzene rings is 1. The Labute approximate surface area is 141 Å². The fourth-order valence-electron chi connectivity index (χ4n) is 2.81. The van der Waals surface area contributed by atoms with Crippen LogP contribution >= 0.6 is 11.6 Å². The van der Waals surface area contributed by atoms with Gasteiger partial charge >= 0.3 is 0 Å². The Hall–Kier alpha value is -1.91. The first-order chi connectivity index (χ1) is 11.2. The van der Waals surface area contributed by atoms with Gasteiger partial charge in [0.2, 0.25) is 0 Å². The molecule has 120 valence electrons. The molecule has 1 aliphatic heterocycles. The second kappa shape index (κ2) is 7.11. The molecule has 0 saturated carbocycles. The Morgan fingerprint density at radius 3 is 2.83 bits per heavy atom. The first-order valence-electron chi connectivity index (χ1n) is 7.91. The number of aryl methyl sites for hydroxylation is 1. The topological polar surface area (TPSA) is 45.2 Å². The molecule has 2 aromatic rings. The predicted octanol–water partition coefficient (Wildman–Crippen LogP) is 3.08. The monoisotopic (exact) mass is 329 g/mol. The van der Waals surface area contributed by atoms with Crippen LogP contribution in [-0.2, 0) is 6.42 Å². The Kier molecular flexibility index (Phi) is 4.94. The van der Waals surface area contributed by atoms with Crippen molar-refractivity contribution in [2.45, 2.75) is 19.4 Å². The van der Waals surface area contributed by atoms with Crippen LogP contribution in [0.15, 0.2) is 42.5 Å². The van der Waals surface area contributed by atoms with E-state index in [1.807, 2.05) is 48.2 Å². The van der Waals surface area contributed by atoms with Crippen LogP contribution in [-0.4, -0.2) is 35.4 Å². The molecule has 0 radical (unpaired) electrons. The second-order valence-corrected chi connectivity index (χ2v) is 6.11. The van der Waals surface area contributed by atoms with E-state index in [1.54, 1.807) is 6.07 Å². The van der Waals surface area contributed by atoms with Crippen molar-refractivity contribution in [1.29, 1.82) is 0 Å². The lowest BCUT2D eigenvalue weighted by Gasteiger charge is -2.34. The molecule has 1 aromatic heterocycles. The molecule has 1 aromatic carbocycles. The van der Waals surface area contributed by atoms with E-state index in [2.05, 4.69) is 10.3 Å². The zero-order valence-electron chi connectivity index (χ0n) is 13.1. The van der Waals surface area contributed by atoms with Crippen molar-refractivity contribution in [3.63, 3.8) is 0 Å². The molecule has 0 aliphatic carbocycles. The summed E-state index contributed by atoms with van der Waals surface area (Å²) < 4.78 is 0. The number of carbonyl (C=O) groups excluding carboxylic acids is 1. The third-order valence-corrected chi connectivity index (χ3v) is 4.38. The van der Waals surface area contributed by atoms with Gasteiger partial charge in [-0.25, -0.2) is 4.98 Å². The minimum Gasteiger partial charge on any atom is -0.334 e. The van der Waals surface area contributed by atoms with E-state index < -0.39 is 0 Å². The first kappa shape index (κ1) is 16.0. The molecule has 3 rings (SSSR count). The Morgan fingerprint density at radius 2 is 2.09 bits per heavy atom. The van der Waals surface area contributed by atoms with E-state index in [1.165, 1.54) is 0 Å². The molecule has 2 heterocycles. The van der Waals surface area contributed by atoms with Crippen molar-refractivity contribution in [2.24, 2.45) is 0 Å². The van der Waals surface area contributed by atoms with Crippen LogP contribution in [0.25, 0.3) is 0 Å². The lowest BCUT2D eigenvalue weighted by Crippen LogP contribution is -2.48. The van der Waals surface area contributed by atoms with Gasteiger partial charge in [-0.15, -0.1) is 0 Å². The molecule has 1 aliphatic rings. The van der Waals surface area contributed by atoms with Gasteiger partial charge in [-0.3, -0.25) is 4.79 Å². The number of nitrogens with one attached hydrogen (secondary N) is 1. The smallest absolute Gasteiger partial charge is 0.272 e. The summed E-state index contributed by atoms with van der Waals surface area (Å²) in [6.45, 7) is 4.14. The first-order valence-corrected chi connectivity index (χ1v) is 8.29. The molecule has 23 heavy (non-hydrogen) atoms. The van der Waals surface area contributed by atoms with Gasteiger partial charge in [-0.2, -0.15) is 0 Å². The van der Waals surface area contributed by atoms with Crippen molar-refractivity contribution in [1.82, 2.24) is 15.2 Å². The van der Waals surface area contributed by atoms with E-state index in [0.717, 1.165) is 29.2 Å². The van der Waals surface area contributed by atoms with Crippen LogP contribution in [0.3, 0.4) is 0 Å². The number of halogens is 1.